The molecule has 0 bridgehead atoms. The molecule has 140 valence electrons. The smallest absolute Gasteiger partial charge is 0.255 e. The number of carbonyl (C=O) groups is 3. The number of nitrogens with one attached hydrogen (secondary N) is 2. The molecular formula is C21H23N3O3. The van der Waals surface area contributed by atoms with Crippen LogP contribution in [0.3, 0.4) is 0 Å². The van der Waals surface area contributed by atoms with Gasteiger partial charge in [0, 0.05) is 35.9 Å². The first-order chi connectivity index (χ1) is 12.9. The van der Waals surface area contributed by atoms with Crippen LogP contribution in [0.1, 0.15) is 30.6 Å². The highest BCUT2D eigenvalue weighted by atomic mass is 16.2. The summed E-state index contributed by atoms with van der Waals surface area (Å²) in [5.41, 5.74) is 1.74. The van der Waals surface area contributed by atoms with E-state index in [0.717, 1.165) is 0 Å². The molecule has 1 aliphatic heterocycles. The molecule has 1 atom stereocenters. The number of rotatable bonds is 5. The van der Waals surface area contributed by atoms with E-state index in [1.54, 1.807) is 53.4 Å². The zero-order chi connectivity index (χ0) is 19.4. The van der Waals surface area contributed by atoms with Gasteiger partial charge in [0.05, 0.1) is 5.92 Å². The maximum atomic E-state index is 12.5. The van der Waals surface area contributed by atoms with E-state index in [1.807, 2.05) is 19.9 Å². The molecule has 2 aromatic rings. The van der Waals surface area contributed by atoms with Crippen LogP contribution in [0.25, 0.3) is 0 Å². The van der Waals surface area contributed by atoms with Crippen LogP contribution in [0.4, 0.5) is 11.4 Å². The van der Waals surface area contributed by atoms with Crippen LogP contribution in [0.5, 0.6) is 0 Å². The van der Waals surface area contributed by atoms with Crippen molar-refractivity contribution in [1.82, 2.24) is 4.90 Å². The van der Waals surface area contributed by atoms with Crippen LogP contribution < -0.4 is 10.6 Å². The van der Waals surface area contributed by atoms with Gasteiger partial charge in [0.15, 0.2) is 0 Å². The lowest BCUT2D eigenvalue weighted by atomic mass is 10.1. The van der Waals surface area contributed by atoms with Gasteiger partial charge in [0.25, 0.3) is 5.91 Å². The maximum Gasteiger partial charge on any atom is 0.255 e. The van der Waals surface area contributed by atoms with Gasteiger partial charge < -0.3 is 15.5 Å². The summed E-state index contributed by atoms with van der Waals surface area (Å²) in [7, 11) is 0. The Bertz CT molecular complexity index is 849. The van der Waals surface area contributed by atoms with Gasteiger partial charge in [-0.1, -0.05) is 24.3 Å². The van der Waals surface area contributed by atoms with Gasteiger partial charge in [-0.15, -0.1) is 0 Å². The average Bonchev–Trinajstić information content (AvgIpc) is 3.05. The lowest BCUT2D eigenvalue weighted by Gasteiger charge is -2.20. The van der Waals surface area contributed by atoms with Gasteiger partial charge in [-0.05, 0) is 44.2 Å². The molecule has 2 aromatic carbocycles. The fraction of sp³-hybridized carbons (Fsp3) is 0.286. The number of likely N-dealkylation sites (tertiary alicyclic amines) is 1. The SMILES string of the molecule is CC(C)N1CC(C(=O)Nc2cccc(NC(=O)c3ccccc3)c2)CC1=O. The molecule has 0 saturated carbocycles. The fourth-order valence-electron chi connectivity index (χ4n) is 3.12. The molecule has 1 saturated heterocycles. The molecule has 6 nitrogen and oxygen atoms in total. The minimum Gasteiger partial charge on any atom is -0.339 e. The number of nitrogens with zero attached hydrogens (tertiary/aromatic N) is 1. The van der Waals surface area contributed by atoms with Crippen molar-refractivity contribution >= 4 is 29.1 Å². The number of hydrogen-bond acceptors (Lipinski definition) is 3. The van der Waals surface area contributed by atoms with E-state index < -0.39 is 0 Å². The average molecular weight is 365 g/mol. The molecule has 3 rings (SSSR count). The Morgan fingerprint density at radius 1 is 1.00 bits per heavy atom. The van der Waals surface area contributed by atoms with Gasteiger partial charge in [0.2, 0.25) is 11.8 Å². The zero-order valence-electron chi connectivity index (χ0n) is 15.4. The highest BCUT2D eigenvalue weighted by molar-refractivity contribution is 6.04. The zero-order valence-corrected chi connectivity index (χ0v) is 15.4. The predicted molar refractivity (Wildman–Crippen MR) is 104 cm³/mol. The topological polar surface area (TPSA) is 78.5 Å². The fourth-order valence-corrected chi connectivity index (χ4v) is 3.12. The summed E-state index contributed by atoms with van der Waals surface area (Å²) in [6, 6.07) is 16.0. The van der Waals surface area contributed by atoms with E-state index in [9.17, 15) is 14.4 Å². The largest absolute Gasteiger partial charge is 0.339 e. The third-order valence-corrected chi connectivity index (χ3v) is 4.58. The Kier molecular flexibility index (Phi) is 5.54. The van der Waals surface area contributed by atoms with Gasteiger partial charge in [-0.3, -0.25) is 14.4 Å². The Morgan fingerprint density at radius 3 is 2.30 bits per heavy atom. The normalized spacial score (nSPS) is 16.5. The summed E-state index contributed by atoms with van der Waals surface area (Å²) >= 11 is 0. The van der Waals surface area contributed by atoms with E-state index in [2.05, 4.69) is 10.6 Å². The summed E-state index contributed by atoms with van der Waals surface area (Å²) in [6.07, 6.45) is 0.231. The highest BCUT2D eigenvalue weighted by Gasteiger charge is 2.35. The summed E-state index contributed by atoms with van der Waals surface area (Å²) in [5, 5.41) is 5.67. The summed E-state index contributed by atoms with van der Waals surface area (Å²) < 4.78 is 0. The van der Waals surface area contributed by atoms with E-state index in [0.29, 0.717) is 23.5 Å². The lowest BCUT2D eigenvalue weighted by Crippen LogP contribution is -2.33. The van der Waals surface area contributed by atoms with Crippen LogP contribution in [0, 0.1) is 5.92 Å². The van der Waals surface area contributed by atoms with Crippen LogP contribution in [-0.4, -0.2) is 35.2 Å². The van der Waals surface area contributed by atoms with Gasteiger partial charge in [-0.25, -0.2) is 0 Å². The molecule has 2 N–H and O–H groups in total. The summed E-state index contributed by atoms with van der Waals surface area (Å²) in [4.78, 5) is 38.5. The van der Waals surface area contributed by atoms with Gasteiger partial charge in [0.1, 0.15) is 0 Å². The molecule has 6 heteroatoms. The molecule has 0 aromatic heterocycles. The second-order valence-electron chi connectivity index (χ2n) is 6.93. The molecule has 1 fully saturated rings. The Labute approximate surface area is 158 Å². The van der Waals surface area contributed by atoms with E-state index in [1.165, 1.54) is 0 Å². The monoisotopic (exact) mass is 365 g/mol. The van der Waals surface area contributed by atoms with Crippen LogP contribution in [0.15, 0.2) is 54.6 Å². The second-order valence-corrected chi connectivity index (χ2v) is 6.93. The highest BCUT2D eigenvalue weighted by Crippen LogP contribution is 2.23. The molecule has 0 spiro atoms. The third-order valence-electron chi connectivity index (χ3n) is 4.58. The van der Waals surface area contributed by atoms with E-state index in [4.69, 9.17) is 0 Å². The van der Waals surface area contributed by atoms with E-state index in [-0.39, 0.29) is 36.1 Å². The number of benzene rings is 2. The van der Waals surface area contributed by atoms with Crippen LogP contribution in [0.2, 0.25) is 0 Å². The quantitative estimate of drug-likeness (QED) is 0.854. The molecule has 0 aliphatic carbocycles. The van der Waals surface area contributed by atoms with Crippen molar-refractivity contribution in [3.63, 3.8) is 0 Å². The van der Waals surface area contributed by atoms with Crippen molar-refractivity contribution in [2.45, 2.75) is 26.3 Å². The van der Waals surface area contributed by atoms with Crippen molar-refractivity contribution in [1.29, 1.82) is 0 Å². The van der Waals surface area contributed by atoms with E-state index >= 15 is 0 Å². The van der Waals surface area contributed by atoms with Crippen LogP contribution >= 0.6 is 0 Å². The second kappa shape index (κ2) is 8.03. The first-order valence-electron chi connectivity index (χ1n) is 9.01. The van der Waals surface area contributed by atoms with Crippen molar-refractivity contribution in [3.8, 4) is 0 Å². The van der Waals surface area contributed by atoms with Crippen molar-refractivity contribution in [2.24, 2.45) is 5.92 Å². The minimum atomic E-state index is -0.359. The van der Waals surface area contributed by atoms with Gasteiger partial charge >= 0.3 is 0 Å². The molecule has 1 heterocycles. The summed E-state index contributed by atoms with van der Waals surface area (Å²) in [5.74, 6) is -0.748. The predicted octanol–water partition coefficient (Wildman–Crippen LogP) is 3.13. The standard InChI is InChI=1S/C21H23N3O3/c1-14(2)24-13-16(11-19(24)25)21(27)23-18-10-6-9-17(12-18)22-20(26)15-7-4-3-5-8-15/h3-10,12,14,16H,11,13H2,1-2H3,(H,22,26)(H,23,27). The molecule has 3 amide bonds. The first-order valence-corrected chi connectivity index (χ1v) is 9.01. The third kappa shape index (κ3) is 4.53. The van der Waals surface area contributed by atoms with Gasteiger partial charge in [-0.2, -0.15) is 0 Å². The molecule has 0 radical (unpaired) electrons. The Hall–Kier alpha value is -3.15. The molecular weight excluding hydrogens is 342 g/mol. The number of amides is 3. The van der Waals surface area contributed by atoms with Crippen molar-refractivity contribution in [2.75, 3.05) is 17.2 Å². The number of hydrogen-bond donors (Lipinski definition) is 2. The molecule has 1 unspecified atom stereocenters. The van der Waals surface area contributed by atoms with Crippen molar-refractivity contribution < 1.29 is 14.4 Å². The minimum absolute atomic E-state index is 0.00836. The Balaban J connectivity index is 1.63. The van der Waals surface area contributed by atoms with Crippen molar-refractivity contribution in [3.05, 3.63) is 60.2 Å². The maximum absolute atomic E-state index is 12.5. The molecule has 1 aliphatic rings. The Morgan fingerprint density at radius 2 is 1.67 bits per heavy atom. The lowest BCUT2D eigenvalue weighted by molar-refractivity contribution is -0.129. The number of carbonyl (C=O) groups excluding carboxylic acids is 3. The number of anilines is 2. The summed E-state index contributed by atoms with van der Waals surface area (Å²) in [6.45, 7) is 4.32. The molecule has 27 heavy (non-hydrogen) atoms. The van der Waals surface area contributed by atoms with Crippen LogP contribution in [-0.2, 0) is 9.59 Å². The first kappa shape index (κ1) is 18.6.